The zero-order chi connectivity index (χ0) is 23.9. The Labute approximate surface area is 209 Å². The molecule has 3 aromatic carbocycles. The smallest absolute Gasteiger partial charge is 0.271 e. The van der Waals surface area contributed by atoms with Gasteiger partial charge in [0, 0.05) is 34.0 Å². The number of nitrogens with zero attached hydrogens (tertiary/aromatic N) is 2. The van der Waals surface area contributed by atoms with Gasteiger partial charge in [-0.25, -0.2) is 5.43 Å². The van der Waals surface area contributed by atoms with Gasteiger partial charge in [0.25, 0.3) is 5.91 Å². The highest BCUT2D eigenvalue weighted by atomic mass is 35.5. The van der Waals surface area contributed by atoms with E-state index in [2.05, 4.69) is 39.4 Å². The minimum absolute atomic E-state index is 0.236. The fourth-order valence-electron chi connectivity index (χ4n) is 3.76. The number of aromatic nitrogens is 1. The lowest BCUT2D eigenvalue weighted by Gasteiger charge is -2.11. The van der Waals surface area contributed by atoms with E-state index in [0.717, 1.165) is 34.1 Å². The van der Waals surface area contributed by atoms with E-state index in [1.165, 1.54) is 11.1 Å². The molecule has 0 saturated carbocycles. The van der Waals surface area contributed by atoms with Gasteiger partial charge in [0.2, 0.25) is 0 Å². The summed E-state index contributed by atoms with van der Waals surface area (Å²) in [6.45, 7) is 4.03. The van der Waals surface area contributed by atoms with Crippen LogP contribution in [0.3, 0.4) is 0 Å². The molecule has 0 saturated heterocycles. The number of amides is 1. The second-order valence-electron chi connectivity index (χ2n) is 7.99. The molecule has 0 aliphatic carbocycles. The van der Waals surface area contributed by atoms with Crippen LogP contribution >= 0.6 is 23.4 Å². The predicted molar refractivity (Wildman–Crippen MR) is 143 cm³/mol. The average molecular weight is 488 g/mol. The Hall–Kier alpha value is -3.28. The Morgan fingerprint density at radius 3 is 2.29 bits per heavy atom. The van der Waals surface area contributed by atoms with Crippen LogP contribution in [-0.4, -0.2) is 16.7 Å². The molecule has 0 bridgehead atoms. The topological polar surface area (TPSA) is 46.4 Å². The standard InChI is InChI=1S/C28H26ClN3OS/c1-20-16-25(21(2)32(20)27-11-7-6-10-26(27)29)17-30-31-28(33)24-14-12-23(13-15-24)19-34-18-22-8-4-3-5-9-22/h3-17H,18-19H2,1-2H3,(H,31,33)/b30-17-. The van der Waals surface area contributed by atoms with Crippen LogP contribution < -0.4 is 5.43 Å². The number of hydrogen-bond acceptors (Lipinski definition) is 3. The van der Waals surface area contributed by atoms with Crippen LogP contribution in [0.15, 0.2) is 90.0 Å². The van der Waals surface area contributed by atoms with Crippen molar-refractivity contribution in [2.75, 3.05) is 0 Å². The molecule has 0 unspecified atom stereocenters. The molecule has 0 atom stereocenters. The van der Waals surface area contributed by atoms with Crippen molar-refractivity contribution in [1.29, 1.82) is 0 Å². The lowest BCUT2D eigenvalue weighted by atomic mass is 10.1. The lowest BCUT2D eigenvalue weighted by molar-refractivity contribution is 0.0955. The molecule has 1 N–H and O–H groups in total. The number of halogens is 1. The quantitative estimate of drug-likeness (QED) is 0.216. The Morgan fingerprint density at radius 2 is 1.59 bits per heavy atom. The molecule has 4 aromatic rings. The summed E-state index contributed by atoms with van der Waals surface area (Å²) in [4.78, 5) is 12.5. The number of para-hydroxylation sites is 1. The summed E-state index contributed by atoms with van der Waals surface area (Å²) in [5.41, 5.74) is 9.59. The van der Waals surface area contributed by atoms with Gasteiger partial charge >= 0.3 is 0 Å². The zero-order valence-corrected chi connectivity index (χ0v) is 20.7. The number of rotatable bonds is 8. The van der Waals surface area contributed by atoms with Crippen molar-refractivity contribution in [2.24, 2.45) is 5.10 Å². The number of carbonyl (C=O) groups excluding carboxylic acids is 1. The number of hydrogen-bond donors (Lipinski definition) is 1. The highest BCUT2D eigenvalue weighted by molar-refractivity contribution is 7.97. The summed E-state index contributed by atoms with van der Waals surface area (Å²) in [6.07, 6.45) is 1.67. The fraction of sp³-hybridized carbons (Fsp3) is 0.143. The van der Waals surface area contributed by atoms with E-state index < -0.39 is 0 Å². The van der Waals surface area contributed by atoms with E-state index in [-0.39, 0.29) is 5.91 Å². The third-order valence-electron chi connectivity index (χ3n) is 5.53. The SMILES string of the molecule is Cc1cc(/C=N\NC(=O)c2ccc(CSCc3ccccc3)cc2)c(C)n1-c1ccccc1Cl. The van der Waals surface area contributed by atoms with Crippen LogP contribution in [0, 0.1) is 13.8 Å². The van der Waals surface area contributed by atoms with E-state index in [4.69, 9.17) is 11.6 Å². The predicted octanol–water partition coefficient (Wildman–Crippen LogP) is 6.94. The lowest BCUT2D eigenvalue weighted by Crippen LogP contribution is -2.17. The van der Waals surface area contributed by atoms with Crippen molar-refractivity contribution >= 4 is 35.5 Å². The van der Waals surface area contributed by atoms with E-state index >= 15 is 0 Å². The first-order chi connectivity index (χ1) is 16.5. The number of thioether (sulfide) groups is 1. The Bertz CT molecular complexity index is 1300. The summed E-state index contributed by atoms with van der Waals surface area (Å²) in [7, 11) is 0. The van der Waals surface area contributed by atoms with Gasteiger partial charge in [-0.05, 0) is 55.3 Å². The Kier molecular flexibility index (Phi) is 7.88. The van der Waals surface area contributed by atoms with Crippen LogP contribution in [0.2, 0.25) is 5.02 Å². The molecule has 1 heterocycles. The number of carbonyl (C=O) groups is 1. The molecular formula is C28H26ClN3OS. The monoisotopic (exact) mass is 487 g/mol. The van der Waals surface area contributed by atoms with Crippen molar-refractivity contribution in [1.82, 2.24) is 9.99 Å². The molecule has 4 rings (SSSR count). The van der Waals surface area contributed by atoms with Gasteiger partial charge in [0.15, 0.2) is 0 Å². The van der Waals surface area contributed by atoms with E-state index in [9.17, 15) is 4.79 Å². The molecule has 1 amide bonds. The second kappa shape index (κ2) is 11.2. The maximum absolute atomic E-state index is 12.5. The third kappa shape index (κ3) is 5.79. The van der Waals surface area contributed by atoms with Crippen molar-refractivity contribution in [3.63, 3.8) is 0 Å². The molecule has 34 heavy (non-hydrogen) atoms. The Balaban J connectivity index is 1.34. The summed E-state index contributed by atoms with van der Waals surface area (Å²) in [6, 6.07) is 27.8. The first-order valence-electron chi connectivity index (χ1n) is 11.0. The molecule has 1 aromatic heterocycles. The third-order valence-corrected chi connectivity index (χ3v) is 6.92. The van der Waals surface area contributed by atoms with Gasteiger partial charge in [0.05, 0.1) is 16.9 Å². The number of benzene rings is 3. The van der Waals surface area contributed by atoms with Gasteiger partial charge in [-0.2, -0.15) is 16.9 Å². The number of aryl methyl sites for hydroxylation is 1. The second-order valence-corrected chi connectivity index (χ2v) is 9.38. The number of nitrogens with one attached hydrogen (secondary N) is 1. The molecule has 4 nitrogen and oxygen atoms in total. The fourth-order valence-corrected chi connectivity index (χ4v) is 4.94. The van der Waals surface area contributed by atoms with Gasteiger partial charge in [-0.1, -0.05) is 66.2 Å². The summed E-state index contributed by atoms with van der Waals surface area (Å²) < 4.78 is 2.08. The zero-order valence-electron chi connectivity index (χ0n) is 19.2. The average Bonchev–Trinajstić information content (AvgIpc) is 3.13. The molecule has 0 fully saturated rings. The molecule has 0 spiro atoms. The van der Waals surface area contributed by atoms with Gasteiger partial charge in [-0.15, -0.1) is 0 Å². The van der Waals surface area contributed by atoms with Crippen molar-refractivity contribution in [2.45, 2.75) is 25.4 Å². The molecule has 6 heteroatoms. The molecule has 0 radical (unpaired) electrons. The van der Waals surface area contributed by atoms with Crippen molar-refractivity contribution < 1.29 is 4.79 Å². The minimum atomic E-state index is -0.236. The van der Waals surface area contributed by atoms with Crippen molar-refractivity contribution in [3.05, 3.63) is 124 Å². The first-order valence-corrected chi connectivity index (χ1v) is 12.5. The normalized spacial score (nSPS) is 11.1. The van der Waals surface area contributed by atoms with Crippen LogP contribution in [0.4, 0.5) is 0 Å². The van der Waals surface area contributed by atoms with Gasteiger partial charge in [-0.3, -0.25) is 4.79 Å². The van der Waals surface area contributed by atoms with E-state index in [1.54, 1.807) is 6.21 Å². The highest BCUT2D eigenvalue weighted by Gasteiger charge is 2.12. The summed E-state index contributed by atoms with van der Waals surface area (Å²) in [5, 5.41) is 4.86. The van der Waals surface area contributed by atoms with Crippen LogP contribution in [0.5, 0.6) is 0 Å². The van der Waals surface area contributed by atoms with E-state index in [0.29, 0.717) is 10.6 Å². The highest BCUT2D eigenvalue weighted by Crippen LogP contribution is 2.25. The number of hydrazone groups is 1. The van der Waals surface area contributed by atoms with Crippen LogP contribution in [-0.2, 0) is 11.5 Å². The van der Waals surface area contributed by atoms with Crippen LogP contribution in [0.25, 0.3) is 5.69 Å². The maximum Gasteiger partial charge on any atom is 0.271 e. The summed E-state index contributed by atoms with van der Waals surface area (Å²) >= 11 is 8.23. The Morgan fingerprint density at radius 1 is 0.941 bits per heavy atom. The first kappa shape index (κ1) is 23.9. The molecule has 0 aliphatic rings. The minimum Gasteiger partial charge on any atom is -0.316 e. The molecule has 172 valence electrons. The van der Waals surface area contributed by atoms with Gasteiger partial charge < -0.3 is 4.57 Å². The van der Waals surface area contributed by atoms with E-state index in [1.807, 2.05) is 86.3 Å². The van der Waals surface area contributed by atoms with Gasteiger partial charge in [0.1, 0.15) is 0 Å². The maximum atomic E-state index is 12.5. The van der Waals surface area contributed by atoms with Crippen molar-refractivity contribution in [3.8, 4) is 5.69 Å². The van der Waals surface area contributed by atoms with Crippen LogP contribution in [0.1, 0.15) is 38.4 Å². The summed E-state index contributed by atoms with van der Waals surface area (Å²) in [5.74, 6) is 1.63. The molecular weight excluding hydrogens is 462 g/mol. The largest absolute Gasteiger partial charge is 0.316 e. The molecule has 0 aliphatic heterocycles.